The van der Waals surface area contributed by atoms with Gasteiger partial charge in [-0.15, -0.1) is 0 Å². The van der Waals surface area contributed by atoms with Crippen LogP contribution >= 0.6 is 0 Å². The molecule has 0 radical (unpaired) electrons. The number of alkyl halides is 3. The highest BCUT2D eigenvalue weighted by atomic mass is 19.4. The van der Waals surface area contributed by atoms with Crippen LogP contribution in [-0.4, -0.2) is 76.7 Å². The van der Waals surface area contributed by atoms with Crippen molar-refractivity contribution < 1.29 is 37.3 Å². The number of aliphatic hydroxyl groups excluding tert-OH is 1. The number of ether oxygens (including phenoxy) is 2. The average Bonchev–Trinajstić information content (AvgIpc) is 3.54. The van der Waals surface area contributed by atoms with Crippen LogP contribution in [0.3, 0.4) is 0 Å². The minimum Gasteiger partial charge on any atom is -0.392 e. The lowest BCUT2D eigenvalue weighted by molar-refractivity contribution is -0.252. The molecule has 4 atom stereocenters. The summed E-state index contributed by atoms with van der Waals surface area (Å²) in [7, 11) is 2.03. The Labute approximate surface area is 260 Å². The minimum absolute atomic E-state index is 0.0540. The van der Waals surface area contributed by atoms with Gasteiger partial charge >= 0.3 is 12.1 Å². The smallest absolute Gasteiger partial charge is 0.392 e. The molecule has 0 spiro atoms. The maximum atomic E-state index is 13.0. The molecule has 5 rings (SSSR count). The number of nitrogens with one attached hydrogen (secondary N) is 1. The van der Waals surface area contributed by atoms with Gasteiger partial charge in [0.25, 0.3) is 0 Å². The van der Waals surface area contributed by atoms with Gasteiger partial charge in [-0.3, -0.25) is 14.6 Å². The number of carbonyl (C=O) groups excluding carboxylic acids is 2. The lowest BCUT2D eigenvalue weighted by atomic mass is 9.99. The number of aliphatic hydroxyl groups is 1. The topological polar surface area (TPSA) is 104 Å². The molecular weight excluding hydrogens is 589 g/mol. The maximum Gasteiger partial charge on any atom is 0.471 e. The Bertz CT molecular complexity index is 1420. The van der Waals surface area contributed by atoms with E-state index in [9.17, 15) is 27.9 Å². The minimum atomic E-state index is -5.03. The van der Waals surface area contributed by atoms with Gasteiger partial charge in [-0.1, -0.05) is 42.5 Å². The average molecular weight is 627 g/mol. The molecule has 2 aromatic carbocycles. The van der Waals surface area contributed by atoms with Crippen molar-refractivity contribution >= 4 is 17.5 Å². The Kier molecular flexibility index (Phi) is 10.5. The number of carbonyl (C=O) groups is 2. The molecule has 0 aliphatic carbocycles. The zero-order chi connectivity index (χ0) is 32.0. The van der Waals surface area contributed by atoms with E-state index in [2.05, 4.69) is 15.2 Å². The number of benzene rings is 2. The molecule has 240 valence electrons. The van der Waals surface area contributed by atoms with Crippen LogP contribution < -0.4 is 5.32 Å². The van der Waals surface area contributed by atoms with E-state index in [1.807, 2.05) is 49.5 Å². The quantitative estimate of drug-likeness (QED) is 0.334. The molecule has 12 heteroatoms. The van der Waals surface area contributed by atoms with E-state index in [-0.39, 0.29) is 31.8 Å². The molecule has 2 saturated heterocycles. The summed E-state index contributed by atoms with van der Waals surface area (Å²) in [6.45, 7) is 1.27. The van der Waals surface area contributed by atoms with E-state index in [4.69, 9.17) is 9.47 Å². The van der Waals surface area contributed by atoms with Crippen LogP contribution in [0.2, 0.25) is 0 Å². The Morgan fingerprint density at radius 2 is 1.78 bits per heavy atom. The third-order valence-electron chi connectivity index (χ3n) is 8.12. The molecule has 2 amide bonds. The fourth-order valence-electron chi connectivity index (χ4n) is 5.72. The number of rotatable bonds is 10. The second-order valence-electron chi connectivity index (χ2n) is 11.4. The first-order valence-electron chi connectivity index (χ1n) is 15.0. The zero-order valence-electron chi connectivity index (χ0n) is 25.0. The molecule has 0 saturated carbocycles. The second-order valence-corrected chi connectivity index (χ2v) is 11.4. The molecule has 9 nitrogen and oxygen atoms in total. The summed E-state index contributed by atoms with van der Waals surface area (Å²) >= 11 is 0. The number of likely N-dealkylation sites (N-methyl/N-ethyl adjacent to an activating group) is 1. The molecule has 1 aromatic heterocycles. The lowest BCUT2D eigenvalue weighted by Crippen LogP contribution is -2.48. The zero-order valence-corrected chi connectivity index (χ0v) is 25.0. The van der Waals surface area contributed by atoms with Crippen LogP contribution in [0.25, 0.3) is 0 Å². The van der Waals surface area contributed by atoms with Gasteiger partial charge in [-0.2, -0.15) is 13.2 Å². The summed E-state index contributed by atoms with van der Waals surface area (Å²) in [5.41, 5.74) is 3.86. The lowest BCUT2D eigenvalue weighted by Gasteiger charge is -2.38. The van der Waals surface area contributed by atoms with Gasteiger partial charge < -0.3 is 29.7 Å². The summed E-state index contributed by atoms with van der Waals surface area (Å²) in [6, 6.07) is 19.0. The molecule has 2 N–H and O–H groups in total. The largest absolute Gasteiger partial charge is 0.471 e. The number of hydrogen-bond donors (Lipinski definition) is 2. The Morgan fingerprint density at radius 3 is 2.44 bits per heavy atom. The normalized spacial score (nSPS) is 22.0. The molecule has 2 aliphatic rings. The maximum absolute atomic E-state index is 13.0. The predicted molar refractivity (Wildman–Crippen MR) is 160 cm³/mol. The summed E-state index contributed by atoms with van der Waals surface area (Å²) in [5.74, 6) is -2.66. The first-order valence-corrected chi connectivity index (χ1v) is 15.0. The summed E-state index contributed by atoms with van der Waals surface area (Å²) in [5, 5.41) is 12.1. The number of likely N-dealkylation sites (tertiary alicyclic amines) is 1. The van der Waals surface area contributed by atoms with Crippen LogP contribution in [0.4, 0.5) is 18.9 Å². The molecule has 0 bridgehead atoms. The van der Waals surface area contributed by atoms with E-state index in [1.54, 1.807) is 30.5 Å². The molecule has 4 unspecified atom stereocenters. The fraction of sp³-hybridized carbons (Fsp3) is 0.424. The monoisotopic (exact) mass is 626 g/mol. The van der Waals surface area contributed by atoms with Crippen molar-refractivity contribution in [1.82, 2.24) is 14.8 Å². The highest BCUT2D eigenvalue weighted by Gasteiger charge is 2.47. The van der Waals surface area contributed by atoms with Crippen molar-refractivity contribution in [2.75, 3.05) is 32.0 Å². The van der Waals surface area contributed by atoms with Gasteiger partial charge in [0.15, 0.2) is 6.29 Å². The standard InChI is InChI=1S/C33H37F3N4O5/c1-39(18-15-25-5-2-3-16-37-25)20-27-19-29(23-9-7-22(21-41)8-10-23)45-31(44-27)24-11-13-26(14-12-24)38-30(42)28-6-4-17-40(28)32(43)33(34,35)36/h2-3,5,7-14,16,27-29,31,41H,4,6,15,17-21H2,1H3,(H,38,42). The van der Waals surface area contributed by atoms with Crippen LogP contribution in [-0.2, 0) is 32.1 Å². The summed E-state index contributed by atoms with van der Waals surface area (Å²) in [6.07, 6.45) is -2.51. The molecule has 3 heterocycles. The van der Waals surface area contributed by atoms with Gasteiger partial charge in [0.2, 0.25) is 5.91 Å². The first kappa shape index (κ1) is 32.6. The second kappa shape index (κ2) is 14.5. The molecular formula is C33H37F3N4O5. The first-order chi connectivity index (χ1) is 21.6. The van der Waals surface area contributed by atoms with Gasteiger partial charge in [0.1, 0.15) is 6.04 Å². The Morgan fingerprint density at radius 1 is 1.04 bits per heavy atom. The van der Waals surface area contributed by atoms with Crippen molar-refractivity contribution in [2.24, 2.45) is 0 Å². The molecule has 3 aromatic rings. The number of halogens is 3. The Hall–Kier alpha value is -3.84. The number of nitrogens with zero attached hydrogens (tertiary/aromatic N) is 3. The number of anilines is 1. The van der Waals surface area contributed by atoms with Crippen molar-refractivity contribution in [3.05, 3.63) is 95.3 Å². The molecule has 45 heavy (non-hydrogen) atoms. The number of pyridine rings is 1. The highest BCUT2D eigenvalue weighted by Crippen LogP contribution is 2.38. The highest BCUT2D eigenvalue weighted by molar-refractivity contribution is 5.98. The van der Waals surface area contributed by atoms with Crippen LogP contribution in [0.1, 0.15) is 54.0 Å². The third-order valence-corrected chi connectivity index (χ3v) is 8.12. The van der Waals surface area contributed by atoms with E-state index in [1.165, 1.54) is 0 Å². The van der Waals surface area contributed by atoms with Crippen molar-refractivity contribution in [3.63, 3.8) is 0 Å². The number of hydrogen-bond acceptors (Lipinski definition) is 7. The summed E-state index contributed by atoms with van der Waals surface area (Å²) < 4.78 is 51.8. The summed E-state index contributed by atoms with van der Waals surface area (Å²) in [4.78, 5) is 31.8. The van der Waals surface area contributed by atoms with Gasteiger partial charge in [-0.25, -0.2) is 0 Å². The SMILES string of the molecule is CN(CCc1ccccn1)CC1CC(c2ccc(CO)cc2)OC(c2ccc(NC(=O)C3CCCN3C(=O)C(F)(F)F)cc2)O1. The predicted octanol–water partition coefficient (Wildman–Crippen LogP) is 4.79. The van der Waals surface area contributed by atoms with E-state index in [0.29, 0.717) is 35.5 Å². The van der Waals surface area contributed by atoms with Gasteiger partial charge in [0, 0.05) is 55.6 Å². The van der Waals surface area contributed by atoms with Gasteiger partial charge in [-0.05, 0) is 55.3 Å². The van der Waals surface area contributed by atoms with Crippen molar-refractivity contribution in [1.29, 1.82) is 0 Å². The van der Waals surface area contributed by atoms with Crippen molar-refractivity contribution in [3.8, 4) is 0 Å². The molecule has 2 fully saturated rings. The van der Waals surface area contributed by atoms with E-state index < -0.39 is 30.3 Å². The van der Waals surface area contributed by atoms with E-state index >= 15 is 0 Å². The van der Waals surface area contributed by atoms with Crippen LogP contribution in [0, 0.1) is 0 Å². The van der Waals surface area contributed by atoms with Crippen LogP contribution in [0.5, 0.6) is 0 Å². The molecule has 2 aliphatic heterocycles. The Balaban J connectivity index is 1.26. The number of amides is 2. The van der Waals surface area contributed by atoms with Gasteiger partial charge in [0.05, 0.1) is 18.8 Å². The fourth-order valence-corrected chi connectivity index (χ4v) is 5.72. The third kappa shape index (κ3) is 8.46. The number of aromatic nitrogens is 1. The van der Waals surface area contributed by atoms with Crippen LogP contribution in [0.15, 0.2) is 72.9 Å². The van der Waals surface area contributed by atoms with Crippen molar-refractivity contribution in [2.45, 2.75) is 63.0 Å². The van der Waals surface area contributed by atoms with E-state index in [0.717, 1.165) is 29.8 Å².